The molecule has 0 aliphatic rings. The number of amides is 1. The number of aromatic nitrogens is 1. The van der Waals surface area contributed by atoms with Crippen LogP contribution in [0.4, 0.5) is 0 Å². The van der Waals surface area contributed by atoms with E-state index >= 15 is 0 Å². The average Bonchev–Trinajstić information content (AvgIpc) is 3.46. The Hall–Kier alpha value is -2.02. The molecule has 1 unspecified atom stereocenters. The molecule has 1 rings (SSSR count). The minimum absolute atomic E-state index is 0.0402. The first-order chi connectivity index (χ1) is 19.5. The number of hydrogen-bond donors (Lipinski definition) is 1. The van der Waals surface area contributed by atoms with Crippen molar-refractivity contribution in [2.75, 3.05) is 13.8 Å². The number of hydrogen-bond acceptors (Lipinski definition) is 9. The van der Waals surface area contributed by atoms with Gasteiger partial charge in [0.15, 0.2) is 20.3 Å². The minimum atomic E-state index is -2.15. The molecule has 0 saturated carbocycles. The van der Waals surface area contributed by atoms with Crippen molar-refractivity contribution in [3.05, 3.63) is 26.5 Å². The lowest BCUT2D eigenvalue weighted by Gasteiger charge is -2.40. The molecule has 5 atom stereocenters. The molecule has 13 heteroatoms. The quantitative estimate of drug-likeness (QED) is 0.0414. The van der Waals surface area contributed by atoms with Gasteiger partial charge in [0.1, 0.15) is 17.8 Å². The highest BCUT2D eigenvalue weighted by Crippen LogP contribution is 2.37. The number of ether oxygens (including phenoxy) is 2. The molecule has 0 aliphatic heterocycles. The van der Waals surface area contributed by atoms with Gasteiger partial charge in [-0.15, -0.1) is 11.3 Å². The van der Waals surface area contributed by atoms with Gasteiger partial charge < -0.3 is 23.9 Å². The minimum Gasteiger partial charge on any atom is -0.464 e. The van der Waals surface area contributed by atoms with Crippen LogP contribution in [0, 0.1) is 11.8 Å². The van der Waals surface area contributed by atoms with Gasteiger partial charge >= 0.3 is 5.97 Å². The van der Waals surface area contributed by atoms with Crippen molar-refractivity contribution in [2.24, 2.45) is 17.0 Å². The fourth-order valence-corrected chi connectivity index (χ4v) is 8.51. The lowest BCUT2D eigenvalue weighted by Crippen LogP contribution is -2.51. The molecule has 1 heterocycles. The van der Waals surface area contributed by atoms with Crippen molar-refractivity contribution >= 4 is 31.5 Å². The summed E-state index contributed by atoms with van der Waals surface area (Å²) in [5.74, 6) is -1.10. The van der Waals surface area contributed by atoms with Crippen molar-refractivity contribution in [3.63, 3.8) is 0 Å². The second-order valence-electron chi connectivity index (χ2n) is 10.8. The molecule has 1 aromatic heterocycles. The summed E-state index contributed by atoms with van der Waals surface area (Å²) < 4.78 is 17.6. The summed E-state index contributed by atoms with van der Waals surface area (Å²) in [6.07, 6.45) is 0.680. The van der Waals surface area contributed by atoms with E-state index in [9.17, 15) is 20.2 Å². The molecular formula is C28H51N5O6SSi. The molecule has 0 aliphatic carbocycles. The molecular weight excluding hydrogens is 562 g/mol. The van der Waals surface area contributed by atoms with E-state index in [1.165, 1.54) is 18.4 Å². The van der Waals surface area contributed by atoms with Gasteiger partial charge in [-0.2, -0.15) is 0 Å². The van der Waals surface area contributed by atoms with Crippen LogP contribution in [0.5, 0.6) is 0 Å². The van der Waals surface area contributed by atoms with Crippen molar-refractivity contribution in [1.29, 1.82) is 0 Å². The molecule has 1 aromatic rings. The largest absolute Gasteiger partial charge is 0.464 e. The summed E-state index contributed by atoms with van der Waals surface area (Å²) in [6, 6.07) is 1.43. The highest BCUT2D eigenvalue weighted by molar-refractivity contribution is 7.09. The molecule has 0 spiro atoms. The second-order valence-corrected chi connectivity index (χ2v) is 16.5. The summed E-state index contributed by atoms with van der Waals surface area (Å²) >= 11 is 1.34. The second kappa shape index (κ2) is 18.5. The first kappa shape index (κ1) is 37.0. The van der Waals surface area contributed by atoms with E-state index in [-0.39, 0.29) is 30.2 Å². The molecule has 0 bridgehead atoms. The van der Waals surface area contributed by atoms with Crippen LogP contribution in [0.15, 0.2) is 10.5 Å². The Morgan fingerprint density at radius 3 is 2.29 bits per heavy atom. The van der Waals surface area contributed by atoms with Gasteiger partial charge in [0.05, 0.1) is 13.2 Å². The molecule has 11 nitrogen and oxygen atoms in total. The van der Waals surface area contributed by atoms with Crippen LogP contribution >= 0.6 is 11.3 Å². The predicted octanol–water partition coefficient (Wildman–Crippen LogP) is 7.05. The third-order valence-corrected chi connectivity index (χ3v) is 13.6. The Bertz CT molecular complexity index is 977. The monoisotopic (exact) mass is 613 g/mol. The average molecular weight is 614 g/mol. The standard InChI is InChI=1S/C28H51N5O6SSi/c1-10-15-24(34)38-18-33(27(35)25(31-32-29)20(8)11-2)22(19(6)7)16-23(39-41(12-3,13-4)14-5)26-30-21(17-40-26)28(36)37-9/h17,19-20,22-25,34H,10-16,18H2,1-9H3/t20?,22-,23-,24-,25+/m1/s1. The first-order valence-electron chi connectivity index (χ1n) is 14.8. The van der Waals surface area contributed by atoms with Gasteiger partial charge in [-0.25, -0.2) is 9.78 Å². The van der Waals surface area contributed by atoms with Crippen molar-refractivity contribution < 1.29 is 28.6 Å². The maximum atomic E-state index is 14.0. The zero-order valence-corrected chi connectivity index (χ0v) is 28.1. The Morgan fingerprint density at radius 2 is 1.80 bits per heavy atom. The number of esters is 1. The summed E-state index contributed by atoms with van der Waals surface area (Å²) in [7, 11) is -0.828. The van der Waals surface area contributed by atoms with Gasteiger partial charge in [0, 0.05) is 16.3 Å². The van der Waals surface area contributed by atoms with Crippen molar-refractivity contribution in [1.82, 2.24) is 9.88 Å². The lowest BCUT2D eigenvalue weighted by molar-refractivity contribution is -0.167. The van der Waals surface area contributed by atoms with Gasteiger partial charge in [-0.05, 0) is 48.3 Å². The van der Waals surface area contributed by atoms with E-state index in [0.717, 1.165) is 24.6 Å². The SMILES string of the molecule is CCC[C@H](O)OCN(C(=O)[C@@H](N=[N+]=[N-])C(C)CC)[C@H](C[C@@H](O[Si](CC)(CC)CC)c1nc(C(=O)OC)cs1)C(C)C. The number of aliphatic hydroxyl groups excluding tert-OH is 1. The number of carbonyl (C=O) groups is 2. The van der Waals surface area contributed by atoms with E-state index in [2.05, 4.69) is 35.8 Å². The Morgan fingerprint density at radius 1 is 1.17 bits per heavy atom. The first-order valence-corrected chi connectivity index (χ1v) is 18.2. The van der Waals surface area contributed by atoms with Gasteiger partial charge in [0.2, 0.25) is 5.91 Å². The van der Waals surface area contributed by atoms with Crippen LogP contribution in [0.3, 0.4) is 0 Å². The zero-order valence-electron chi connectivity index (χ0n) is 26.3. The molecule has 0 saturated heterocycles. The Kier molecular flexibility index (Phi) is 16.7. The van der Waals surface area contributed by atoms with E-state index in [4.69, 9.17) is 13.9 Å². The number of nitrogens with zero attached hydrogens (tertiary/aromatic N) is 5. The molecule has 41 heavy (non-hydrogen) atoms. The number of thiazole rings is 1. The highest BCUT2D eigenvalue weighted by atomic mass is 32.1. The summed E-state index contributed by atoms with van der Waals surface area (Å²) in [4.78, 5) is 35.4. The Balaban J connectivity index is 3.64. The molecule has 234 valence electrons. The van der Waals surface area contributed by atoms with E-state index in [1.807, 2.05) is 34.6 Å². The van der Waals surface area contributed by atoms with Crippen LogP contribution in [0.1, 0.15) is 103 Å². The Labute approximate surface area is 250 Å². The van der Waals surface area contributed by atoms with Crippen LogP contribution < -0.4 is 0 Å². The summed E-state index contributed by atoms with van der Waals surface area (Å²) in [5.41, 5.74) is 9.49. The van der Waals surface area contributed by atoms with E-state index in [0.29, 0.717) is 24.3 Å². The van der Waals surface area contributed by atoms with Crippen molar-refractivity contribution in [3.8, 4) is 0 Å². The van der Waals surface area contributed by atoms with E-state index in [1.54, 1.807) is 10.3 Å². The van der Waals surface area contributed by atoms with Gasteiger partial charge in [0.25, 0.3) is 0 Å². The molecule has 0 aromatic carbocycles. The fourth-order valence-electron chi connectivity index (χ4n) is 4.79. The van der Waals surface area contributed by atoms with Crippen LogP contribution in [0.25, 0.3) is 10.4 Å². The van der Waals surface area contributed by atoms with Crippen LogP contribution in [-0.4, -0.2) is 67.4 Å². The predicted molar refractivity (Wildman–Crippen MR) is 164 cm³/mol. The molecule has 1 amide bonds. The molecule has 1 N–H and O–H groups in total. The topological polar surface area (TPSA) is 147 Å². The number of carbonyl (C=O) groups excluding carboxylic acids is 2. The van der Waals surface area contributed by atoms with Gasteiger partial charge in [-0.3, -0.25) is 4.79 Å². The molecule has 0 radical (unpaired) electrons. The summed E-state index contributed by atoms with van der Waals surface area (Å²) in [5, 5.41) is 16.6. The number of azide groups is 1. The van der Waals surface area contributed by atoms with Crippen LogP contribution in [-0.2, 0) is 18.7 Å². The van der Waals surface area contributed by atoms with Gasteiger partial charge in [-0.1, -0.05) is 73.3 Å². The zero-order chi connectivity index (χ0) is 31.2. The fraction of sp³-hybridized carbons (Fsp3) is 0.821. The normalized spacial score (nSPS) is 15.5. The lowest BCUT2D eigenvalue weighted by atomic mass is 9.93. The van der Waals surface area contributed by atoms with E-state index < -0.39 is 38.8 Å². The van der Waals surface area contributed by atoms with Crippen LogP contribution in [0.2, 0.25) is 18.1 Å². The summed E-state index contributed by atoms with van der Waals surface area (Å²) in [6.45, 7) is 16.1. The van der Waals surface area contributed by atoms with Crippen molar-refractivity contribution in [2.45, 2.75) is 124 Å². The number of aliphatic hydroxyl groups is 1. The number of rotatable bonds is 20. The smallest absolute Gasteiger partial charge is 0.357 e. The highest BCUT2D eigenvalue weighted by Gasteiger charge is 2.39. The molecule has 0 fully saturated rings. The number of methoxy groups -OCH3 is 1. The maximum absolute atomic E-state index is 14.0. The maximum Gasteiger partial charge on any atom is 0.357 e. The third kappa shape index (κ3) is 10.6. The third-order valence-electron chi connectivity index (χ3n) is 7.98.